The van der Waals surface area contributed by atoms with E-state index in [9.17, 15) is 8.42 Å². The predicted octanol–water partition coefficient (Wildman–Crippen LogP) is 1.67. The maximum atomic E-state index is 11.9. The molecule has 0 aliphatic heterocycles. The van der Waals surface area contributed by atoms with Crippen LogP contribution in [-0.2, 0) is 14.8 Å². The van der Waals surface area contributed by atoms with Gasteiger partial charge in [-0.1, -0.05) is 23.2 Å². The first-order valence-electron chi connectivity index (χ1n) is 5.60. The molecular weight excluding hydrogens is 313 g/mol. The summed E-state index contributed by atoms with van der Waals surface area (Å²) in [6.45, 7) is 0.806. The number of nitrogens with one attached hydrogen (secondary N) is 1. The van der Waals surface area contributed by atoms with Crippen molar-refractivity contribution in [1.82, 2.24) is 4.72 Å². The summed E-state index contributed by atoms with van der Waals surface area (Å²) in [4.78, 5) is 0.0290. The minimum atomic E-state index is -3.62. The van der Waals surface area contributed by atoms with Gasteiger partial charge in [0, 0.05) is 23.2 Å². The molecule has 0 aliphatic rings. The van der Waals surface area contributed by atoms with E-state index >= 15 is 0 Å². The van der Waals surface area contributed by atoms with Crippen LogP contribution in [-0.4, -0.2) is 39.9 Å². The van der Waals surface area contributed by atoms with Crippen LogP contribution in [0.3, 0.4) is 0 Å². The van der Waals surface area contributed by atoms with Gasteiger partial charge in [-0.15, -0.1) is 0 Å². The van der Waals surface area contributed by atoms with Gasteiger partial charge in [0.1, 0.15) is 0 Å². The zero-order chi connectivity index (χ0) is 14.3. The van der Waals surface area contributed by atoms with E-state index in [1.54, 1.807) is 0 Å². The number of hydrogen-bond donors (Lipinski definition) is 2. The highest BCUT2D eigenvalue weighted by Gasteiger charge is 2.14. The van der Waals surface area contributed by atoms with E-state index in [-0.39, 0.29) is 34.7 Å². The van der Waals surface area contributed by atoms with Crippen LogP contribution in [0.2, 0.25) is 10.0 Å². The van der Waals surface area contributed by atoms with Gasteiger partial charge in [0.15, 0.2) is 0 Å². The Labute approximate surface area is 122 Å². The molecule has 0 atom stereocenters. The van der Waals surface area contributed by atoms with Crippen molar-refractivity contribution in [3.63, 3.8) is 0 Å². The van der Waals surface area contributed by atoms with Crippen LogP contribution in [0, 0.1) is 0 Å². The van der Waals surface area contributed by atoms with Crippen LogP contribution in [0.4, 0.5) is 0 Å². The molecule has 0 saturated heterocycles. The van der Waals surface area contributed by atoms with E-state index in [4.69, 9.17) is 33.0 Å². The van der Waals surface area contributed by atoms with E-state index in [1.807, 2.05) is 0 Å². The number of sulfonamides is 1. The van der Waals surface area contributed by atoms with Crippen LogP contribution in [0.15, 0.2) is 23.1 Å². The predicted molar refractivity (Wildman–Crippen MR) is 74.2 cm³/mol. The molecule has 0 aliphatic carbocycles. The molecule has 2 N–H and O–H groups in total. The summed E-state index contributed by atoms with van der Waals surface area (Å²) in [7, 11) is -3.62. The summed E-state index contributed by atoms with van der Waals surface area (Å²) in [5, 5.41) is 9.02. The van der Waals surface area contributed by atoms with Crippen molar-refractivity contribution in [3.05, 3.63) is 28.2 Å². The van der Waals surface area contributed by atoms with Crippen molar-refractivity contribution in [1.29, 1.82) is 0 Å². The van der Waals surface area contributed by atoms with Crippen molar-refractivity contribution < 1.29 is 18.3 Å². The van der Waals surface area contributed by atoms with Gasteiger partial charge in [-0.05, 0) is 24.6 Å². The zero-order valence-corrected chi connectivity index (χ0v) is 12.4. The average molecular weight is 328 g/mol. The zero-order valence-electron chi connectivity index (χ0n) is 10.1. The molecule has 0 heterocycles. The molecular formula is C11H15Cl2NO4S. The summed E-state index contributed by atoms with van der Waals surface area (Å²) < 4.78 is 31.3. The highest BCUT2D eigenvalue weighted by atomic mass is 35.5. The Kier molecular flexibility index (Phi) is 7.06. The van der Waals surface area contributed by atoms with Gasteiger partial charge in [0.05, 0.1) is 18.1 Å². The van der Waals surface area contributed by atoms with Gasteiger partial charge >= 0.3 is 0 Å². The van der Waals surface area contributed by atoms with Crippen molar-refractivity contribution in [2.75, 3.05) is 26.4 Å². The number of hydrogen-bond acceptors (Lipinski definition) is 4. The van der Waals surface area contributed by atoms with Crippen LogP contribution in [0.25, 0.3) is 0 Å². The molecule has 0 bridgehead atoms. The third-order valence-corrected chi connectivity index (χ3v) is 4.02. The smallest absolute Gasteiger partial charge is 0.240 e. The monoisotopic (exact) mass is 327 g/mol. The molecule has 5 nitrogen and oxygen atoms in total. The lowest BCUT2D eigenvalue weighted by atomic mass is 10.4. The van der Waals surface area contributed by atoms with Gasteiger partial charge in [0.25, 0.3) is 0 Å². The second-order valence-electron chi connectivity index (χ2n) is 3.69. The molecule has 1 rings (SSSR count). The highest BCUT2D eigenvalue weighted by Crippen LogP contribution is 2.22. The summed E-state index contributed by atoms with van der Waals surface area (Å²) in [5.74, 6) is 0. The van der Waals surface area contributed by atoms with Crippen molar-refractivity contribution in [3.8, 4) is 0 Å². The Hall–Kier alpha value is -0.370. The second-order valence-corrected chi connectivity index (χ2v) is 6.33. The Balaban J connectivity index is 2.51. The first kappa shape index (κ1) is 16.7. The Morgan fingerprint density at radius 1 is 1.16 bits per heavy atom. The van der Waals surface area contributed by atoms with E-state index in [2.05, 4.69) is 4.72 Å². The fourth-order valence-corrected chi connectivity index (χ4v) is 3.11. The van der Waals surface area contributed by atoms with Crippen LogP contribution in [0.1, 0.15) is 6.42 Å². The highest BCUT2D eigenvalue weighted by molar-refractivity contribution is 7.89. The van der Waals surface area contributed by atoms with Gasteiger partial charge in [-0.2, -0.15) is 0 Å². The summed E-state index contributed by atoms with van der Waals surface area (Å²) in [6.07, 6.45) is 0.507. The molecule has 0 spiro atoms. The first-order valence-corrected chi connectivity index (χ1v) is 7.84. The fourth-order valence-electron chi connectivity index (χ4n) is 1.31. The third kappa shape index (κ3) is 6.07. The minimum absolute atomic E-state index is 0.0290. The van der Waals surface area contributed by atoms with Gasteiger partial charge in [-0.3, -0.25) is 0 Å². The Morgan fingerprint density at radius 2 is 1.79 bits per heavy atom. The van der Waals surface area contributed by atoms with Crippen molar-refractivity contribution >= 4 is 33.2 Å². The number of aliphatic hydroxyl groups excluding tert-OH is 1. The largest absolute Gasteiger partial charge is 0.394 e. The standard InChI is InChI=1S/C11H15Cl2NO4S/c12-9-6-10(13)8-11(7-9)19(16,17)14-2-1-4-18-5-3-15/h6-8,14-15H,1-5H2. The van der Waals surface area contributed by atoms with Gasteiger partial charge in [-0.25, -0.2) is 13.1 Å². The quantitative estimate of drug-likeness (QED) is 0.712. The summed E-state index contributed by atoms with van der Waals surface area (Å²) in [6, 6.07) is 4.13. The van der Waals surface area contributed by atoms with Crippen molar-refractivity contribution in [2.24, 2.45) is 0 Å². The topological polar surface area (TPSA) is 75.6 Å². The van der Waals surface area contributed by atoms with E-state index in [0.29, 0.717) is 13.0 Å². The normalized spacial score (nSPS) is 11.7. The molecule has 8 heteroatoms. The van der Waals surface area contributed by atoms with E-state index < -0.39 is 10.0 Å². The molecule has 19 heavy (non-hydrogen) atoms. The lowest BCUT2D eigenvalue weighted by Crippen LogP contribution is -2.25. The first-order chi connectivity index (χ1) is 8.95. The van der Waals surface area contributed by atoms with Crippen molar-refractivity contribution in [2.45, 2.75) is 11.3 Å². The number of ether oxygens (including phenoxy) is 1. The van der Waals surface area contributed by atoms with E-state index in [0.717, 1.165) is 0 Å². The second kappa shape index (κ2) is 8.04. The lowest BCUT2D eigenvalue weighted by Gasteiger charge is -2.08. The SMILES string of the molecule is O=S(=O)(NCCCOCCO)c1cc(Cl)cc(Cl)c1. The number of rotatable bonds is 8. The van der Waals surface area contributed by atoms with Crippen LogP contribution < -0.4 is 4.72 Å². The number of halogens is 2. The molecule has 108 valence electrons. The Bertz CT molecular complexity index is 487. The molecule has 0 saturated carbocycles. The maximum absolute atomic E-state index is 11.9. The van der Waals surface area contributed by atoms with E-state index in [1.165, 1.54) is 18.2 Å². The van der Waals surface area contributed by atoms with Gasteiger partial charge in [0.2, 0.25) is 10.0 Å². The third-order valence-electron chi connectivity index (χ3n) is 2.14. The Morgan fingerprint density at radius 3 is 2.37 bits per heavy atom. The molecule has 0 amide bonds. The summed E-state index contributed by atoms with van der Waals surface area (Å²) in [5.41, 5.74) is 0. The fraction of sp³-hybridized carbons (Fsp3) is 0.455. The maximum Gasteiger partial charge on any atom is 0.240 e. The molecule has 0 unspecified atom stereocenters. The molecule has 1 aromatic rings. The van der Waals surface area contributed by atoms with Gasteiger partial charge < -0.3 is 9.84 Å². The van der Waals surface area contributed by atoms with Crippen LogP contribution in [0.5, 0.6) is 0 Å². The summed E-state index contributed by atoms with van der Waals surface area (Å²) >= 11 is 11.5. The molecule has 0 aromatic heterocycles. The van der Waals surface area contributed by atoms with Crippen LogP contribution >= 0.6 is 23.2 Å². The number of benzene rings is 1. The molecule has 1 aromatic carbocycles. The molecule has 0 fully saturated rings. The average Bonchev–Trinajstić information content (AvgIpc) is 2.32. The lowest BCUT2D eigenvalue weighted by molar-refractivity contribution is 0.0913. The minimum Gasteiger partial charge on any atom is -0.394 e. The number of aliphatic hydroxyl groups is 1. The molecule has 0 radical (unpaired) electrons.